The van der Waals surface area contributed by atoms with Crippen LogP contribution < -0.4 is 4.74 Å². The van der Waals surface area contributed by atoms with Gasteiger partial charge in [0.1, 0.15) is 5.75 Å². The van der Waals surface area contributed by atoms with Crippen molar-refractivity contribution < 1.29 is 9.84 Å². The molecule has 1 aromatic carbocycles. The molecule has 17 heavy (non-hydrogen) atoms. The number of aliphatic hydroxyl groups excluding tert-OH is 1. The van der Waals surface area contributed by atoms with E-state index in [-0.39, 0.29) is 6.10 Å². The lowest BCUT2D eigenvalue weighted by molar-refractivity contribution is 0.163. The largest absolute Gasteiger partial charge is 0.495 e. The molecule has 0 saturated carbocycles. The average Bonchev–Trinajstić information content (AvgIpc) is 2.26. The van der Waals surface area contributed by atoms with Gasteiger partial charge in [0.15, 0.2) is 0 Å². The van der Waals surface area contributed by atoms with E-state index in [2.05, 4.69) is 4.90 Å². The van der Waals surface area contributed by atoms with Crippen molar-refractivity contribution in [3.05, 3.63) is 28.8 Å². The fraction of sp³-hybridized carbons (Fsp3) is 0.538. The van der Waals surface area contributed by atoms with Gasteiger partial charge in [-0.15, -0.1) is 0 Å². The first-order valence-electron chi connectivity index (χ1n) is 5.72. The monoisotopic (exact) mass is 257 g/mol. The second-order valence-corrected chi connectivity index (χ2v) is 4.75. The second-order valence-electron chi connectivity index (χ2n) is 4.34. The van der Waals surface area contributed by atoms with Crippen molar-refractivity contribution in [2.75, 3.05) is 20.7 Å². The summed E-state index contributed by atoms with van der Waals surface area (Å²) in [5.41, 5.74) is 1.14. The molecule has 0 fully saturated rings. The number of hydrogen-bond donors (Lipinski definition) is 1. The summed E-state index contributed by atoms with van der Waals surface area (Å²) >= 11 is 6.06. The van der Waals surface area contributed by atoms with Gasteiger partial charge in [-0.2, -0.15) is 0 Å². The molecule has 0 radical (unpaired) electrons. The van der Waals surface area contributed by atoms with E-state index in [1.54, 1.807) is 14.0 Å². The third kappa shape index (κ3) is 4.94. The van der Waals surface area contributed by atoms with Crippen LogP contribution >= 0.6 is 11.6 Å². The average molecular weight is 258 g/mol. The van der Waals surface area contributed by atoms with Crippen molar-refractivity contribution >= 4 is 11.6 Å². The quantitative estimate of drug-likeness (QED) is 0.850. The molecule has 0 heterocycles. The standard InChI is InChI=1S/C13H20ClNO2/c1-10(16)6-7-15(2)9-11-4-5-13(17-3)12(14)8-11/h4-5,8,10,16H,6-7,9H2,1-3H3/t10-/m0/s1. The van der Waals surface area contributed by atoms with Gasteiger partial charge < -0.3 is 14.7 Å². The lowest BCUT2D eigenvalue weighted by Gasteiger charge is -2.18. The van der Waals surface area contributed by atoms with Crippen molar-refractivity contribution in [3.8, 4) is 5.75 Å². The van der Waals surface area contributed by atoms with Gasteiger partial charge >= 0.3 is 0 Å². The summed E-state index contributed by atoms with van der Waals surface area (Å²) in [5, 5.41) is 9.85. The Bertz CT molecular complexity index is 355. The predicted octanol–water partition coefficient (Wildman–Crippen LogP) is 2.55. The number of nitrogens with zero attached hydrogens (tertiary/aromatic N) is 1. The summed E-state index contributed by atoms with van der Waals surface area (Å²) < 4.78 is 5.11. The van der Waals surface area contributed by atoms with Gasteiger partial charge in [0.2, 0.25) is 0 Å². The zero-order valence-electron chi connectivity index (χ0n) is 10.6. The van der Waals surface area contributed by atoms with Crippen molar-refractivity contribution in [1.82, 2.24) is 4.90 Å². The third-order valence-electron chi connectivity index (χ3n) is 2.60. The Morgan fingerprint density at radius 1 is 1.47 bits per heavy atom. The highest BCUT2D eigenvalue weighted by Gasteiger charge is 2.05. The second kappa shape index (κ2) is 6.84. The van der Waals surface area contributed by atoms with Gasteiger partial charge in [-0.3, -0.25) is 0 Å². The van der Waals surface area contributed by atoms with Gasteiger partial charge in [-0.05, 0) is 38.1 Å². The minimum absolute atomic E-state index is 0.253. The number of hydrogen-bond acceptors (Lipinski definition) is 3. The highest BCUT2D eigenvalue weighted by molar-refractivity contribution is 6.32. The molecule has 0 bridgehead atoms. The molecule has 1 rings (SSSR count). The first kappa shape index (κ1) is 14.3. The van der Waals surface area contributed by atoms with Crippen LogP contribution in [0.2, 0.25) is 5.02 Å². The molecule has 1 aromatic rings. The van der Waals surface area contributed by atoms with Crippen LogP contribution in [0.1, 0.15) is 18.9 Å². The number of aliphatic hydroxyl groups is 1. The lowest BCUT2D eigenvalue weighted by atomic mass is 10.2. The molecule has 96 valence electrons. The Morgan fingerprint density at radius 2 is 2.18 bits per heavy atom. The van der Waals surface area contributed by atoms with Crippen molar-refractivity contribution in [2.45, 2.75) is 26.0 Å². The van der Waals surface area contributed by atoms with Crippen molar-refractivity contribution in [3.63, 3.8) is 0 Å². The topological polar surface area (TPSA) is 32.7 Å². The van der Waals surface area contributed by atoms with Crippen LogP contribution in [0.3, 0.4) is 0 Å². The highest BCUT2D eigenvalue weighted by Crippen LogP contribution is 2.25. The maximum Gasteiger partial charge on any atom is 0.137 e. The molecule has 0 aliphatic heterocycles. The van der Waals surface area contributed by atoms with Gasteiger partial charge in [0.25, 0.3) is 0 Å². The zero-order chi connectivity index (χ0) is 12.8. The molecular formula is C13H20ClNO2. The summed E-state index contributed by atoms with van der Waals surface area (Å²) in [7, 11) is 3.64. The molecule has 1 N–H and O–H groups in total. The first-order valence-corrected chi connectivity index (χ1v) is 6.09. The molecule has 0 aliphatic carbocycles. The summed E-state index contributed by atoms with van der Waals surface area (Å²) in [6.45, 7) is 3.48. The normalized spacial score (nSPS) is 12.8. The van der Waals surface area contributed by atoms with Crippen LogP contribution in [-0.4, -0.2) is 36.8 Å². The van der Waals surface area contributed by atoms with Crippen molar-refractivity contribution in [2.24, 2.45) is 0 Å². The predicted molar refractivity (Wildman–Crippen MR) is 70.6 cm³/mol. The van der Waals surface area contributed by atoms with E-state index in [0.29, 0.717) is 10.8 Å². The number of benzene rings is 1. The smallest absolute Gasteiger partial charge is 0.137 e. The van der Waals surface area contributed by atoms with Crippen LogP contribution in [0.25, 0.3) is 0 Å². The maximum absolute atomic E-state index is 9.22. The van der Waals surface area contributed by atoms with E-state index >= 15 is 0 Å². The minimum atomic E-state index is -0.253. The van der Waals surface area contributed by atoms with Crippen LogP contribution in [-0.2, 0) is 6.54 Å². The fourth-order valence-electron chi connectivity index (χ4n) is 1.61. The number of halogens is 1. The van der Waals surface area contributed by atoms with Crippen LogP contribution in [0.5, 0.6) is 5.75 Å². The fourth-order valence-corrected chi connectivity index (χ4v) is 1.89. The molecule has 0 amide bonds. The molecule has 0 aromatic heterocycles. The van der Waals surface area contributed by atoms with Gasteiger partial charge in [-0.1, -0.05) is 17.7 Å². The zero-order valence-corrected chi connectivity index (χ0v) is 11.4. The van der Waals surface area contributed by atoms with E-state index in [9.17, 15) is 5.11 Å². The van der Waals surface area contributed by atoms with Gasteiger partial charge in [0.05, 0.1) is 18.2 Å². The lowest BCUT2D eigenvalue weighted by Crippen LogP contribution is -2.22. The Morgan fingerprint density at radius 3 is 2.71 bits per heavy atom. The molecular weight excluding hydrogens is 238 g/mol. The Labute approximate surface area is 108 Å². The SMILES string of the molecule is COc1ccc(CN(C)CC[C@H](C)O)cc1Cl. The molecule has 0 saturated heterocycles. The molecule has 0 unspecified atom stereocenters. The van der Waals surface area contributed by atoms with E-state index in [1.807, 2.05) is 25.2 Å². The molecule has 4 heteroatoms. The Kier molecular flexibility index (Phi) is 5.75. The maximum atomic E-state index is 9.22. The summed E-state index contributed by atoms with van der Waals surface area (Å²) in [6, 6.07) is 5.79. The van der Waals surface area contributed by atoms with Crippen LogP contribution in [0, 0.1) is 0 Å². The Hall–Kier alpha value is -0.770. The van der Waals surface area contributed by atoms with Crippen molar-refractivity contribution in [1.29, 1.82) is 0 Å². The molecule has 0 spiro atoms. The molecule has 1 atom stereocenters. The summed E-state index contributed by atoms with van der Waals surface area (Å²) in [6.07, 6.45) is 0.525. The Balaban J connectivity index is 2.53. The van der Waals surface area contributed by atoms with Crippen LogP contribution in [0.4, 0.5) is 0 Å². The summed E-state index contributed by atoms with van der Waals surface area (Å²) in [5.74, 6) is 0.696. The van der Waals surface area contributed by atoms with E-state index in [1.165, 1.54) is 0 Å². The molecule has 3 nitrogen and oxygen atoms in total. The van der Waals surface area contributed by atoms with Gasteiger partial charge in [-0.25, -0.2) is 0 Å². The van der Waals surface area contributed by atoms with E-state index in [0.717, 1.165) is 25.1 Å². The highest BCUT2D eigenvalue weighted by atomic mass is 35.5. The summed E-state index contributed by atoms with van der Waals surface area (Å²) in [4.78, 5) is 2.16. The van der Waals surface area contributed by atoms with Crippen LogP contribution in [0.15, 0.2) is 18.2 Å². The van der Waals surface area contributed by atoms with Gasteiger partial charge in [0, 0.05) is 13.1 Å². The number of methoxy groups -OCH3 is 1. The molecule has 0 aliphatic rings. The van der Waals surface area contributed by atoms with E-state index < -0.39 is 0 Å². The first-order chi connectivity index (χ1) is 8.02. The number of ether oxygens (including phenoxy) is 1. The minimum Gasteiger partial charge on any atom is -0.495 e. The third-order valence-corrected chi connectivity index (χ3v) is 2.89. The number of rotatable bonds is 6. The van der Waals surface area contributed by atoms with E-state index in [4.69, 9.17) is 16.3 Å².